The molecule has 292 valence electrons. The van der Waals surface area contributed by atoms with E-state index in [4.69, 9.17) is 24.3 Å². The average molecular weight is 720 g/mol. The van der Waals surface area contributed by atoms with Gasteiger partial charge in [-0.25, -0.2) is 4.57 Å². The summed E-state index contributed by atoms with van der Waals surface area (Å²) >= 11 is 0. The fourth-order valence-electron chi connectivity index (χ4n) is 5.93. The van der Waals surface area contributed by atoms with Gasteiger partial charge in [0, 0.05) is 19.4 Å². The van der Waals surface area contributed by atoms with Gasteiger partial charge in [-0.1, -0.05) is 181 Å². The number of unbranched alkanes of at least 4 members (excludes halogenated alkanes) is 26. The topological polar surface area (TPSA) is 134 Å². The van der Waals surface area contributed by atoms with Gasteiger partial charge < -0.3 is 20.1 Å². The van der Waals surface area contributed by atoms with Gasteiger partial charge >= 0.3 is 19.8 Å². The molecule has 0 aliphatic heterocycles. The highest BCUT2D eigenvalue weighted by Crippen LogP contribution is 2.43. The fourth-order valence-corrected chi connectivity index (χ4v) is 6.69. The van der Waals surface area contributed by atoms with Crippen molar-refractivity contribution in [3.8, 4) is 0 Å². The van der Waals surface area contributed by atoms with E-state index in [1.807, 2.05) is 0 Å². The monoisotopic (exact) mass is 720 g/mol. The summed E-state index contributed by atoms with van der Waals surface area (Å²) in [7, 11) is -4.36. The maximum absolute atomic E-state index is 12.5. The number of rotatable bonds is 39. The van der Waals surface area contributed by atoms with Crippen molar-refractivity contribution in [2.75, 3.05) is 26.4 Å². The van der Waals surface area contributed by atoms with Crippen molar-refractivity contribution in [2.24, 2.45) is 5.73 Å². The Hall–Kier alpha value is -0.990. The Morgan fingerprint density at radius 3 is 1.24 bits per heavy atom. The molecule has 0 saturated carbocycles. The van der Waals surface area contributed by atoms with Crippen LogP contribution < -0.4 is 5.73 Å². The van der Waals surface area contributed by atoms with E-state index in [-0.39, 0.29) is 38.6 Å². The van der Waals surface area contributed by atoms with Crippen LogP contribution in [0.1, 0.15) is 206 Å². The van der Waals surface area contributed by atoms with E-state index in [9.17, 15) is 19.0 Å². The summed E-state index contributed by atoms with van der Waals surface area (Å²) in [6, 6.07) is 0. The zero-order valence-electron chi connectivity index (χ0n) is 31.9. The molecular weight excluding hydrogens is 641 g/mol. The summed E-state index contributed by atoms with van der Waals surface area (Å²) in [6.07, 6.45) is 34.1. The predicted molar refractivity (Wildman–Crippen MR) is 201 cm³/mol. The molecule has 49 heavy (non-hydrogen) atoms. The number of hydrogen-bond acceptors (Lipinski definition) is 8. The molecule has 0 heterocycles. The summed E-state index contributed by atoms with van der Waals surface area (Å²) < 4.78 is 32.7. The first-order valence-electron chi connectivity index (χ1n) is 20.5. The van der Waals surface area contributed by atoms with Crippen LogP contribution in [0.3, 0.4) is 0 Å². The van der Waals surface area contributed by atoms with Gasteiger partial charge in [0.15, 0.2) is 6.10 Å². The summed E-state index contributed by atoms with van der Waals surface area (Å²) in [6.45, 7) is 3.76. The van der Waals surface area contributed by atoms with Gasteiger partial charge in [-0.2, -0.15) is 0 Å². The third-order valence-electron chi connectivity index (χ3n) is 8.99. The molecule has 0 saturated heterocycles. The first-order valence-corrected chi connectivity index (χ1v) is 22.0. The van der Waals surface area contributed by atoms with Crippen molar-refractivity contribution in [1.29, 1.82) is 0 Å². The molecule has 0 aromatic rings. The Bertz CT molecular complexity index is 784. The molecular formula is C39H78NO8P. The maximum atomic E-state index is 12.5. The number of ether oxygens (including phenoxy) is 2. The number of phosphoric ester groups is 1. The van der Waals surface area contributed by atoms with Gasteiger partial charge in [-0.15, -0.1) is 0 Å². The maximum Gasteiger partial charge on any atom is 0.472 e. The van der Waals surface area contributed by atoms with Gasteiger partial charge in [-0.05, 0) is 12.8 Å². The van der Waals surface area contributed by atoms with E-state index in [0.29, 0.717) is 6.42 Å². The van der Waals surface area contributed by atoms with Crippen LogP contribution in [0.25, 0.3) is 0 Å². The molecule has 2 atom stereocenters. The molecule has 0 fully saturated rings. The fraction of sp³-hybridized carbons (Fsp3) is 0.949. The molecule has 10 heteroatoms. The lowest BCUT2D eigenvalue weighted by atomic mass is 10.0. The molecule has 0 radical (unpaired) electrons. The van der Waals surface area contributed by atoms with Crippen LogP contribution in [-0.2, 0) is 32.7 Å². The summed E-state index contributed by atoms with van der Waals surface area (Å²) in [5.74, 6) is -0.815. The Balaban J connectivity index is 4.14. The van der Waals surface area contributed by atoms with Crippen LogP contribution in [-0.4, -0.2) is 49.3 Å². The number of nitrogens with two attached hydrogens (primary N) is 1. The standard InChI is InChI=1S/C39H78NO8P/c1-3-5-7-9-11-13-15-17-18-20-22-24-26-28-30-32-39(42)48-37(36-47-49(43,44)46-34-33-40)35-45-38(41)31-29-27-25-23-21-19-16-14-12-10-8-6-4-2/h37H,3-36,40H2,1-2H3,(H,43,44). The first-order chi connectivity index (χ1) is 23.8. The van der Waals surface area contributed by atoms with Crippen LogP contribution in [0.15, 0.2) is 0 Å². The molecule has 0 amide bonds. The number of esters is 2. The van der Waals surface area contributed by atoms with E-state index >= 15 is 0 Å². The van der Waals surface area contributed by atoms with Crippen molar-refractivity contribution >= 4 is 19.8 Å². The third-order valence-corrected chi connectivity index (χ3v) is 9.98. The highest BCUT2D eigenvalue weighted by molar-refractivity contribution is 7.47. The zero-order chi connectivity index (χ0) is 36.1. The first kappa shape index (κ1) is 48.0. The second-order valence-corrected chi connectivity index (χ2v) is 15.3. The molecule has 0 aliphatic rings. The molecule has 0 aromatic heterocycles. The molecule has 0 rings (SSSR count). The van der Waals surface area contributed by atoms with Crippen LogP contribution >= 0.6 is 7.82 Å². The zero-order valence-corrected chi connectivity index (χ0v) is 32.8. The largest absolute Gasteiger partial charge is 0.472 e. The van der Waals surface area contributed by atoms with Crippen LogP contribution in [0, 0.1) is 0 Å². The third kappa shape index (κ3) is 36.6. The van der Waals surface area contributed by atoms with Crippen molar-refractivity contribution < 1.29 is 37.6 Å². The highest BCUT2D eigenvalue weighted by atomic mass is 31.2. The Morgan fingerprint density at radius 1 is 0.531 bits per heavy atom. The van der Waals surface area contributed by atoms with Gasteiger partial charge in [0.1, 0.15) is 6.61 Å². The molecule has 0 aliphatic carbocycles. The lowest BCUT2D eigenvalue weighted by molar-refractivity contribution is -0.161. The van der Waals surface area contributed by atoms with E-state index in [2.05, 4.69) is 13.8 Å². The molecule has 3 N–H and O–H groups in total. The van der Waals surface area contributed by atoms with Crippen molar-refractivity contribution in [3.63, 3.8) is 0 Å². The molecule has 0 aromatic carbocycles. The predicted octanol–water partition coefficient (Wildman–Crippen LogP) is 11.3. The minimum atomic E-state index is -4.36. The van der Waals surface area contributed by atoms with Gasteiger partial charge in [0.05, 0.1) is 13.2 Å². The highest BCUT2D eigenvalue weighted by Gasteiger charge is 2.26. The van der Waals surface area contributed by atoms with Crippen LogP contribution in [0.2, 0.25) is 0 Å². The average Bonchev–Trinajstić information content (AvgIpc) is 3.08. The Labute approximate surface area is 301 Å². The number of carbonyl (C=O) groups excluding carboxylic acids is 2. The van der Waals surface area contributed by atoms with E-state index in [1.165, 1.54) is 141 Å². The normalized spacial score (nSPS) is 13.3. The van der Waals surface area contributed by atoms with Crippen molar-refractivity contribution in [1.82, 2.24) is 0 Å². The molecule has 0 bridgehead atoms. The second-order valence-electron chi connectivity index (χ2n) is 13.9. The number of hydrogen-bond donors (Lipinski definition) is 2. The van der Waals surface area contributed by atoms with E-state index in [1.54, 1.807) is 0 Å². The number of carbonyl (C=O) groups is 2. The van der Waals surface area contributed by atoms with Crippen LogP contribution in [0.5, 0.6) is 0 Å². The molecule has 2 unspecified atom stereocenters. The summed E-state index contributed by atoms with van der Waals surface area (Å²) in [5, 5.41) is 0. The van der Waals surface area contributed by atoms with Gasteiger partial charge in [0.2, 0.25) is 0 Å². The Kier molecular flexibility index (Phi) is 36.0. The van der Waals surface area contributed by atoms with Crippen molar-refractivity contribution in [2.45, 2.75) is 213 Å². The quantitative estimate of drug-likeness (QED) is 0.0361. The van der Waals surface area contributed by atoms with Crippen molar-refractivity contribution in [3.05, 3.63) is 0 Å². The second kappa shape index (κ2) is 36.8. The minimum Gasteiger partial charge on any atom is -0.462 e. The molecule has 0 spiro atoms. The van der Waals surface area contributed by atoms with E-state index in [0.717, 1.165) is 32.1 Å². The minimum absolute atomic E-state index is 0.0579. The molecule has 9 nitrogen and oxygen atoms in total. The Morgan fingerprint density at radius 2 is 0.878 bits per heavy atom. The van der Waals surface area contributed by atoms with Gasteiger partial charge in [0.25, 0.3) is 0 Å². The summed E-state index contributed by atoms with van der Waals surface area (Å²) in [4.78, 5) is 34.8. The smallest absolute Gasteiger partial charge is 0.462 e. The van der Waals surface area contributed by atoms with Gasteiger partial charge in [-0.3, -0.25) is 18.6 Å². The van der Waals surface area contributed by atoms with Crippen LogP contribution in [0.4, 0.5) is 0 Å². The lowest BCUT2D eigenvalue weighted by Gasteiger charge is -2.19. The summed E-state index contributed by atoms with van der Waals surface area (Å²) in [5.41, 5.74) is 5.34. The SMILES string of the molecule is CCCCCCCCCCCCCCCCCC(=O)OC(COC(=O)CCCCCCCCCCCCCCC)COP(=O)(O)OCCN. The van der Waals surface area contributed by atoms with E-state index < -0.39 is 26.5 Å². The lowest BCUT2D eigenvalue weighted by Crippen LogP contribution is -2.29. The number of phosphoric acid groups is 1.